The number of sulfonamides is 1. The maximum atomic E-state index is 12.5. The lowest BCUT2D eigenvalue weighted by atomic mass is 9.76. The molecule has 21 heavy (non-hydrogen) atoms. The number of rotatable bonds is 5. The van der Waals surface area contributed by atoms with Crippen LogP contribution in [-0.2, 0) is 10.0 Å². The smallest absolute Gasteiger partial charge is 0.241 e. The molecular weight excluding hydrogens is 304 g/mol. The predicted octanol–water partition coefficient (Wildman–Crippen LogP) is 2.57. The summed E-state index contributed by atoms with van der Waals surface area (Å²) in [5.74, 6) is 0. The van der Waals surface area contributed by atoms with Gasteiger partial charge in [-0.25, -0.2) is 13.1 Å². The fourth-order valence-electron chi connectivity index (χ4n) is 2.83. The molecule has 0 aliphatic heterocycles. The highest BCUT2D eigenvalue weighted by Gasteiger charge is 2.29. The molecule has 1 aromatic rings. The number of hydrogen-bond donors (Lipinski definition) is 2. The quantitative estimate of drug-likeness (QED) is 0.816. The van der Waals surface area contributed by atoms with Crippen LogP contribution in [0.2, 0.25) is 0 Å². The highest BCUT2D eigenvalue weighted by molar-refractivity contribution is 7.89. The second kappa shape index (κ2) is 6.42. The van der Waals surface area contributed by atoms with Gasteiger partial charge in [0.05, 0.1) is 4.90 Å². The molecule has 0 atom stereocenters. The first kappa shape index (κ1) is 16.4. The van der Waals surface area contributed by atoms with Crippen LogP contribution in [0.1, 0.15) is 44.6 Å². The molecule has 0 aromatic heterocycles. The summed E-state index contributed by atoms with van der Waals surface area (Å²) in [6.45, 7) is 2.61. The molecule has 4 nitrogen and oxygen atoms in total. The highest BCUT2D eigenvalue weighted by Crippen LogP contribution is 2.35. The molecule has 0 saturated heterocycles. The minimum atomic E-state index is -3.59. The van der Waals surface area contributed by atoms with Crippen LogP contribution in [0.4, 0.5) is 0 Å². The normalized spacial score (nSPS) is 18.3. The van der Waals surface area contributed by atoms with Crippen LogP contribution in [-0.4, -0.2) is 20.0 Å². The van der Waals surface area contributed by atoms with Gasteiger partial charge < -0.3 is 5.73 Å². The third-order valence-corrected chi connectivity index (χ3v) is 5.87. The van der Waals surface area contributed by atoms with Crippen LogP contribution >= 0.6 is 12.2 Å². The average Bonchev–Trinajstić information content (AvgIpc) is 2.46. The van der Waals surface area contributed by atoms with Crippen molar-refractivity contribution >= 4 is 27.2 Å². The zero-order valence-electron chi connectivity index (χ0n) is 12.3. The molecule has 1 aliphatic rings. The molecular formula is C15H22N2O2S2. The third kappa shape index (κ3) is 4.02. The topological polar surface area (TPSA) is 72.2 Å². The maximum Gasteiger partial charge on any atom is 0.241 e. The van der Waals surface area contributed by atoms with Crippen LogP contribution in [0.5, 0.6) is 0 Å². The molecule has 1 aromatic carbocycles. The summed E-state index contributed by atoms with van der Waals surface area (Å²) in [6, 6.07) is 6.59. The lowest BCUT2D eigenvalue weighted by molar-refractivity contribution is 0.219. The van der Waals surface area contributed by atoms with E-state index in [4.69, 9.17) is 18.0 Å². The van der Waals surface area contributed by atoms with Crippen LogP contribution in [0.3, 0.4) is 0 Å². The molecule has 0 amide bonds. The molecule has 0 unspecified atom stereocenters. The van der Waals surface area contributed by atoms with E-state index in [1.54, 1.807) is 24.3 Å². The molecule has 1 aliphatic carbocycles. The number of thiocarbonyl (C=S) groups is 1. The first-order valence-corrected chi connectivity index (χ1v) is 9.12. The van der Waals surface area contributed by atoms with Crippen LogP contribution < -0.4 is 10.5 Å². The number of hydrogen-bond acceptors (Lipinski definition) is 3. The largest absolute Gasteiger partial charge is 0.389 e. The Hall–Kier alpha value is -0.980. The molecule has 6 heteroatoms. The van der Waals surface area contributed by atoms with E-state index in [0.29, 0.717) is 12.1 Å². The first-order valence-electron chi connectivity index (χ1n) is 7.23. The molecule has 116 valence electrons. The lowest BCUT2D eigenvalue weighted by Crippen LogP contribution is -2.37. The van der Waals surface area contributed by atoms with Gasteiger partial charge in [-0.2, -0.15) is 0 Å². The van der Waals surface area contributed by atoms with E-state index < -0.39 is 10.0 Å². The van der Waals surface area contributed by atoms with Crippen LogP contribution in [0, 0.1) is 5.41 Å². The SMILES string of the molecule is CC1(CNS(=O)(=O)c2ccccc2C(N)=S)CCCCC1. The first-order chi connectivity index (χ1) is 9.84. The summed E-state index contributed by atoms with van der Waals surface area (Å²) in [4.78, 5) is 0.261. The molecule has 0 spiro atoms. The minimum Gasteiger partial charge on any atom is -0.389 e. The average molecular weight is 326 g/mol. The zero-order valence-corrected chi connectivity index (χ0v) is 13.9. The van der Waals surface area contributed by atoms with Gasteiger partial charge in [0, 0.05) is 12.1 Å². The van der Waals surface area contributed by atoms with Crippen molar-refractivity contribution in [2.45, 2.75) is 43.9 Å². The Morgan fingerprint density at radius 3 is 2.52 bits per heavy atom. The molecule has 2 rings (SSSR count). The lowest BCUT2D eigenvalue weighted by Gasteiger charge is -2.33. The van der Waals surface area contributed by atoms with E-state index in [1.165, 1.54) is 19.3 Å². The summed E-state index contributed by atoms with van der Waals surface area (Å²) < 4.78 is 27.8. The summed E-state index contributed by atoms with van der Waals surface area (Å²) in [5.41, 5.74) is 6.06. The van der Waals surface area contributed by atoms with Gasteiger partial charge in [0.15, 0.2) is 0 Å². The Morgan fingerprint density at radius 1 is 1.29 bits per heavy atom. The summed E-state index contributed by atoms with van der Waals surface area (Å²) in [6.07, 6.45) is 5.70. The zero-order chi connectivity index (χ0) is 15.5. The molecule has 0 radical (unpaired) electrons. The second-order valence-electron chi connectivity index (χ2n) is 6.06. The summed E-state index contributed by atoms with van der Waals surface area (Å²) >= 11 is 4.94. The summed E-state index contributed by atoms with van der Waals surface area (Å²) in [5, 5.41) is 0. The van der Waals surface area contributed by atoms with E-state index >= 15 is 0 Å². The van der Waals surface area contributed by atoms with Gasteiger partial charge in [-0.05, 0) is 24.3 Å². The van der Waals surface area contributed by atoms with E-state index in [-0.39, 0.29) is 15.3 Å². The van der Waals surface area contributed by atoms with Gasteiger partial charge in [0.1, 0.15) is 4.99 Å². The molecule has 1 fully saturated rings. The third-order valence-electron chi connectivity index (χ3n) is 4.19. The van der Waals surface area contributed by atoms with Gasteiger partial charge >= 0.3 is 0 Å². The van der Waals surface area contributed by atoms with Crippen molar-refractivity contribution < 1.29 is 8.42 Å². The number of nitrogens with one attached hydrogen (secondary N) is 1. The van der Waals surface area contributed by atoms with Gasteiger partial charge in [-0.15, -0.1) is 0 Å². The Morgan fingerprint density at radius 2 is 1.90 bits per heavy atom. The van der Waals surface area contributed by atoms with Gasteiger partial charge in [0.2, 0.25) is 10.0 Å². The van der Waals surface area contributed by atoms with E-state index in [0.717, 1.165) is 12.8 Å². The Labute approximate surface area is 132 Å². The Bertz CT molecular complexity index is 620. The van der Waals surface area contributed by atoms with Gasteiger partial charge in [-0.3, -0.25) is 0 Å². The monoisotopic (exact) mass is 326 g/mol. The van der Waals surface area contributed by atoms with E-state index in [2.05, 4.69) is 11.6 Å². The standard InChI is InChI=1S/C15H22N2O2S2/c1-15(9-5-2-6-10-15)11-17-21(18,19)13-8-4-3-7-12(13)14(16)20/h3-4,7-8,17H,2,5-6,9-11H2,1H3,(H2,16,20). The number of nitrogens with two attached hydrogens (primary N) is 1. The molecule has 0 heterocycles. The number of benzene rings is 1. The molecule has 3 N–H and O–H groups in total. The van der Waals surface area contributed by atoms with Crippen LogP contribution in [0.25, 0.3) is 0 Å². The minimum absolute atomic E-state index is 0.0451. The van der Waals surface area contributed by atoms with Gasteiger partial charge in [0.25, 0.3) is 0 Å². The Kier molecular flexibility index (Phi) is 5.01. The van der Waals surface area contributed by atoms with E-state index in [9.17, 15) is 8.42 Å². The summed E-state index contributed by atoms with van der Waals surface area (Å²) in [7, 11) is -3.59. The maximum absolute atomic E-state index is 12.5. The molecule has 1 saturated carbocycles. The van der Waals surface area contributed by atoms with Crippen molar-refractivity contribution in [2.24, 2.45) is 11.1 Å². The van der Waals surface area contributed by atoms with Crippen LogP contribution in [0.15, 0.2) is 29.2 Å². The highest BCUT2D eigenvalue weighted by atomic mass is 32.2. The van der Waals surface area contributed by atoms with Crippen molar-refractivity contribution in [1.29, 1.82) is 0 Å². The van der Waals surface area contributed by atoms with Crippen molar-refractivity contribution in [3.05, 3.63) is 29.8 Å². The predicted molar refractivity (Wildman–Crippen MR) is 88.7 cm³/mol. The second-order valence-corrected chi connectivity index (χ2v) is 8.23. The van der Waals surface area contributed by atoms with Crippen molar-refractivity contribution in [1.82, 2.24) is 4.72 Å². The van der Waals surface area contributed by atoms with Crippen molar-refractivity contribution in [3.8, 4) is 0 Å². The van der Waals surface area contributed by atoms with Crippen molar-refractivity contribution in [3.63, 3.8) is 0 Å². The van der Waals surface area contributed by atoms with Crippen molar-refractivity contribution in [2.75, 3.05) is 6.54 Å². The Balaban J connectivity index is 2.17. The fraction of sp³-hybridized carbons (Fsp3) is 0.533. The van der Waals surface area contributed by atoms with E-state index in [1.807, 2.05) is 0 Å². The van der Waals surface area contributed by atoms with Gasteiger partial charge in [-0.1, -0.05) is 56.6 Å². The fourth-order valence-corrected chi connectivity index (χ4v) is 4.50. The molecule has 0 bridgehead atoms.